The highest BCUT2D eigenvalue weighted by Gasteiger charge is 2.17. The Morgan fingerprint density at radius 2 is 1.91 bits per heavy atom. The van der Waals surface area contributed by atoms with Crippen molar-refractivity contribution in [3.05, 3.63) is 76.5 Å². The number of allylic oxidation sites excluding steroid dienone is 1. The van der Waals surface area contributed by atoms with E-state index in [0.29, 0.717) is 17.0 Å². The van der Waals surface area contributed by atoms with E-state index < -0.39 is 17.4 Å². The third-order valence-corrected chi connectivity index (χ3v) is 3.12. The van der Waals surface area contributed by atoms with Crippen LogP contribution in [0.25, 0.3) is 0 Å². The van der Waals surface area contributed by atoms with E-state index in [0.717, 1.165) is 0 Å². The maximum Gasteiger partial charge on any atom is 0.281 e. The lowest BCUT2D eigenvalue weighted by molar-refractivity contribution is -0.113. The van der Waals surface area contributed by atoms with Crippen molar-refractivity contribution < 1.29 is 14.6 Å². The topological polar surface area (TPSA) is 88.0 Å². The van der Waals surface area contributed by atoms with Crippen LogP contribution in [0, 0.1) is 4.91 Å². The second-order valence-electron chi connectivity index (χ2n) is 4.74. The Labute approximate surface area is 133 Å². The molecule has 0 unspecified atom stereocenters. The number of aliphatic hydroxyl groups is 1. The number of rotatable bonds is 6. The summed E-state index contributed by atoms with van der Waals surface area (Å²) in [4.78, 5) is 23.0. The smallest absolute Gasteiger partial charge is 0.281 e. The van der Waals surface area contributed by atoms with Crippen LogP contribution in [0.15, 0.2) is 71.2 Å². The summed E-state index contributed by atoms with van der Waals surface area (Å²) in [5.74, 6) is -0.544. The number of methoxy groups -OCH3 is 1. The number of para-hydroxylation sites is 1. The fraction of sp³-hybridized carbons (Fsp3) is 0.118. The molecule has 0 saturated carbocycles. The molecule has 0 fully saturated rings. The van der Waals surface area contributed by atoms with Crippen LogP contribution >= 0.6 is 0 Å². The third kappa shape index (κ3) is 4.41. The van der Waals surface area contributed by atoms with Gasteiger partial charge in [0.2, 0.25) is 5.70 Å². The zero-order chi connectivity index (χ0) is 16.7. The molecule has 118 valence electrons. The number of nitrogens with zero attached hydrogens (tertiary/aromatic N) is 1. The van der Waals surface area contributed by atoms with Gasteiger partial charge in [-0.15, -0.1) is 4.91 Å². The van der Waals surface area contributed by atoms with Gasteiger partial charge < -0.3 is 15.2 Å². The molecule has 1 amide bonds. The summed E-state index contributed by atoms with van der Waals surface area (Å²) < 4.78 is 5.09. The van der Waals surface area contributed by atoms with Crippen LogP contribution in [0.2, 0.25) is 0 Å². The van der Waals surface area contributed by atoms with Crippen LogP contribution < -0.4 is 10.1 Å². The predicted octanol–water partition coefficient (Wildman–Crippen LogP) is 3.41. The van der Waals surface area contributed by atoms with E-state index in [9.17, 15) is 14.8 Å². The molecule has 6 nitrogen and oxygen atoms in total. The summed E-state index contributed by atoms with van der Waals surface area (Å²) >= 11 is 0. The van der Waals surface area contributed by atoms with Gasteiger partial charge in [0.1, 0.15) is 11.5 Å². The first-order valence-corrected chi connectivity index (χ1v) is 6.89. The van der Waals surface area contributed by atoms with Crippen molar-refractivity contribution in [2.24, 2.45) is 5.18 Å². The molecule has 0 atom stereocenters. The van der Waals surface area contributed by atoms with Crippen LogP contribution in [0.4, 0.5) is 5.69 Å². The van der Waals surface area contributed by atoms with E-state index in [2.05, 4.69) is 10.5 Å². The summed E-state index contributed by atoms with van der Waals surface area (Å²) in [6, 6.07) is 15.6. The van der Waals surface area contributed by atoms with Crippen LogP contribution in [0.5, 0.6) is 5.75 Å². The first-order chi connectivity index (χ1) is 11.1. The summed E-state index contributed by atoms with van der Waals surface area (Å²) in [6.45, 7) is 0. The standard InChI is InChI=1S/C17H16N2O4/c1-23-14-9-5-6-12(10-14)11-15(20)16(19-22)17(21)18-13-7-3-2-4-8-13/h2-10,20H,11H2,1H3,(H,18,21). The van der Waals surface area contributed by atoms with Gasteiger partial charge in [-0.25, -0.2) is 0 Å². The molecule has 2 N–H and O–H groups in total. The largest absolute Gasteiger partial charge is 0.509 e. The van der Waals surface area contributed by atoms with E-state index in [1.807, 2.05) is 0 Å². The lowest BCUT2D eigenvalue weighted by Gasteiger charge is -2.07. The quantitative estimate of drug-likeness (QED) is 0.486. The van der Waals surface area contributed by atoms with Crippen molar-refractivity contribution in [2.45, 2.75) is 6.42 Å². The van der Waals surface area contributed by atoms with E-state index in [1.54, 1.807) is 54.6 Å². The Balaban J connectivity index is 2.17. The van der Waals surface area contributed by atoms with Crippen molar-refractivity contribution in [1.82, 2.24) is 0 Å². The number of nitrogens with one attached hydrogen (secondary N) is 1. The van der Waals surface area contributed by atoms with Gasteiger partial charge in [0.25, 0.3) is 5.91 Å². The molecule has 0 aliphatic rings. The van der Waals surface area contributed by atoms with Crippen LogP contribution in [0.1, 0.15) is 5.56 Å². The van der Waals surface area contributed by atoms with Crippen molar-refractivity contribution in [3.63, 3.8) is 0 Å². The highest BCUT2D eigenvalue weighted by molar-refractivity contribution is 6.03. The molecular formula is C17H16N2O4. The first-order valence-electron chi connectivity index (χ1n) is 6.89. The van der Waals surface area contributed by atoms with Gasteiger partial charge in [0.05, 0.1) is 7.11 Å². The number of benzene rings is 2. The zero-order valence-electron chi connectivity index (χ0n) is 12.5. The molecule has 2 aromatic rings. The monoisotopic (exact) mass is 312 g/mol. The lowest BCUT2D eigenvalue weighted by atomic mass is 10.1. The van der Waals surface area contributed by atoms with E-state index in [4.69, 9.17) is 4.74 Å². The highest BCUT2D eigenvalue weighted by atomic mass is 16.5. The van der Waals surface area contributed by atoms with Gasteiger partial charge in [-0.1, -0.05) is 30.3 Å². The Bertz CT molecular complexity index is 726. The molecule has 0 spiro atoms. The fourth-order valence-electron chi connectivity index (χ4n) is 2.00. The van der Waals surface area contributed by atoms with Crippen molar-refractivity contribution in [3.8, 4) is 5.75 Å². The Morgan fingerprint density at radius 1 is 1.17 bits per heavy atom. The number of anilines is 1. The first kappa shape index (κ1) is 16.2. The van der Waals surface area contributed by atoms with Gasteiger partial charge in [-0.05, 0) is 35.0 Å². The molecule has 2 aromatic carbocycles. The summed E-state index contributed by atoms with van der Waals surface area (Å²) in [5.41, 5.74) is 0.653. The number of hydrogen-bond donors (Lipinski definition) is 2. The number of carbonyl (C=O) groups is 1. The Morgan fingerprint density at radius 3 is 2.57 bits per heavy atom. The van der Waals surface area contributed by atoms with Gasteiger partial charge in [0, 0.05) is 12.1 Å². The molecule has 0 saturated heterocycles. The number of hydrogen-bond acceptors (Lipinski definition) is 5. The van der Waals surface area contributed by atoms with Crippen LogP contribution in [0.3, 0.4) is 0 Å². The molecule has 0 aromatic heterocycles. The predicted molar refractivity (Wildman–Crippen MR) is 87.2 cm³/mol. The summed E-state index contributed by atoms with van der Waals surface area (Å²) in [6.07, 6.45) is 0.000479. The summed E-state index contributed by atoms with van der Waals surface area (Å²) in [7, 11) is 1.53. The Hall–Kier alpha value is -3.15. The summed E-state index contributed by atoms with van der Waals surface area (Å²) in [5, 5.41) is 15.2. The van der Waals surface area contributed by atoms with E-state index >= 15 is 0 Å². The molecule has 23 heavy (non-hydrogen) atoms. The highest BCUT2D eigenvalue weighted by Crippen LogP contribution is 2.18. The minimum absolute atomic E-state index is 0.000479. The average Bonchev–Trinajstić information content (AvgIpc) is 2.56. The van der Waals surface area contributed by atoms with Crippen molar-refractivity contribution in [1.29, 1.82) is 0 Å². The SMILES string of the molecule is COc1cccc(CC(O)=C(N=O)C(=O)Nc2ccccc2)c1. The zero-order valence-corrected chi connectivity index (χ0v) is 12.5. The molecule has 0 radical (unpaired) electrons. The number of carbonyl (C=O) groups excluding carboxylic acids is 1. The normalized spacial score (nSPS) is 11.3. The molecule has 0 aliphatic carbocycles. The maximum atomic E-state index is 12.1. The second kappa shape index (κ2) is 7.74. The molecule has 6 heteroatoms. The lowest BCUT2D eigenvalue weighted by Crippen LogP contribution is -2.15. The fourth-order valence-corrected chi connectivity index (χ4v) is 2.00. The minimum atomic E-state index is -0.758. The molecule has 0 aliphatic heterocycles. The third-order valence-electron chi connectivity index (χ3n) is 3.12. The van der Waals surface area contributed by atoms with Crippen molar-refractivity contribution in [2.75, 3.05) is 12.4 Å². The molecule has 0 heterocycles. The molecule has 0 bridgehead atoms. The van der Waals surface area contributed by atoms with E-state index in [-0.39, 0.29) is 6.42 Å². The van der Waals surface area contributed by atoms with E-state index in [1.165, 1.54) is 7.11 Å². The molecular weight excluding hydrogens is 296 g/mol. The maximum absolute atomic E-state index is 12.1. The van der Waals surface area contributed by atoms with Crippen molar-refractivity contribution >= 4 is 11.6 Å². The van der Waals surface area contributed by atoms with Gasteiger partial charge in [-0.2, -0.15) is 0 Å². The number of ether oxygens (including phenoxy) is 1. The number of aliphatic hydroxyl groups excluding tert-OH is 1. The second-order valence-corrected chi connectivity index (χ2v) is 4.74. The van der Waals surface area contributed by atoms with Crippen LogP contribution in [-0.4, -0.2) is 18.1 Å². The Kier molecular flexibility index (Phi) is 5.46. The van der Waals surface area contributed by atoms with Gasteiger partial charge in [-0.3, -0.25) is 4.79 Å². The minimum Gasteiger partial charge on any atom is -0.509 e. The molecule has 2 rings (SSSR count). The van der Waals surface area contributed by atoms with Crippen LogP contribution in [-0.2, 0) is 11.2 Å². The van der Waals surface area contributed by atoms with Gasteiger partial charge >= 0.3 is 0 Å². The van der Waals surface area contributed by atoms with Gasteiger partial charge in [0.15, 0.2) is 0 Å². The number of nitroso groups, excluding NO2 is 1. The number of amides is 1. The average molecular weight is 312 g/mol.